The van der Waals surface area contributed by atoms with Gasteiger partial charge in [-0.15, -0.1) is 0 Å². The van der Waals surface area contributed by atoms with Crippen molar-refractivity contribution in [3.63, 3.8) is 0 Å². The van der Waals surface area contributed by atoms with Crippen molar-refractivity contribution in [2.24, 2.45) is 5.92 Å². The zero-order valence-corrected chi connectivity index (χ0v) is 24.7. The maximum Gasteiger partial charge on any atom is 0.472 e. The molecule has 3 saturated heterocycles. The molecule has 0 amide bonds. The molecule has 8 N–H and O–H groups in total. The van der Waals surface area contributed by atoms with Crippen LogP contribution in [0.5, 0.6) is 0 Å². The molecule has 242 valence electrons. The number of aliphatic hydroxyl groups is 1. The van der Waals surface area contributed by atoms with Crippen molar-refractivity contribution in [3.8, 4) is 0 Å². The monoisotopic (exact) mass is 672 g/mol. The van der Waals surface area contributed by atoms with Crippen molar-refractivity contribution in [1.29, 1.82) is 0 Å². The summed E-state index contributed by atoms with van der Waals surface area (Å²) in [6.45, 7) is 0.227. The summed E-state index contributed by atoms with van der Waals surface area (Å²) in [5.74, 6) is -0.856. The summed E-state index contributed by atoms with van der Waals surface area (Å²) < 4.78 is 62.3. The Morgan fingerprint density at radius 2 is 1.51 bits per heavy atom. The maximum absolute atomic E-state index is 13.2. The highest BCUT2D eigenvalue weighted by Gasteiger charge is 2.53. The molecule has 45 heavy (non-hydrogen) atoms. The Bertz CT molecular complexity index is 1940. The third-order valence-electron chi connectivity index (χ3n) is 7.66. The van der Waals surface area contributed by atoms with Gasteiger partial charge in [0, 0.05) is 5.92 Å². The summed E-state index contributed by atoms with van der Waals surface area (Å²) in [6, 6.07) is 0. The first-order valence-corrected chi connectivity index (χ1v) is 16.3. The molecule has 0 aromatic carbocycles. The number of aromatic nitrogens is 8. The number of aromatic amines is 1. The highest BCUT2D eigenvalue weighted by Crippen LogP contribution is 2.54. The summed E-state index contributed by atoms with van der Waals surface area (Å²) >= 11 is 0. The van der Waals surface area contributed by atoms with Gasteiger partial charge in [0.1, 0.15) is 48.6 Å². The lowest BCUT2D eigenvalue weighted by Crippen LogP contribution is -2.35. The molecule has 3 fully saturated rings. The fourth-order valence-electron chi connectivity index (χ4n) is 5.58. The molecule has 3 aliphatic rings. The van der Waals surface area contributed by atoms with Gasteiger partial charge in [0.2, 0.25) is 5.95 Å². The van der Waals surface area contributed by atoms with Gasteiger partial charge < -0.3 is 35.8 Å². The van der Waals surface area contributed by atoms with Gasteiger partial charge >= 0.3 is 15.6 Å². The molecule has 0 aliphatic carbocycles. The normalized spacial score (nSPS) is 37.7. The summed E-state index contributed by atoms with van der Waals surface area (Å²) in [6.07, 6.45) is -5.89. The molecule has 24 heteroatoms. The lowest BCUT2D eigenvalue weighted by atomic mass is 10.0. The van der Waals surface area contributed by atoms with Crippen LogP contribution in [0.2, 0.25) is 0 Å². The van der Waals surface area contributed by atoms with Crippen LogP contribution >= 0.6 is 15.6 Å². The first kappa shape index (κ1) is 30.3. The smallest absolute Gasteiger partial charge is 0.387 e. The number of nitrogen functional groups attached to an aromatic ring is 2. The molecule has 7 rings (SSSR count). The van der Waals surface area contributed by atoms with E-state index >= 15 is 0 Å². The van der Waals surface area contributed by atoms with Crippen LogP contribution in [0.3, 0.4) is 0 Å². The fourth-order valence-corrected chi connectivity index (χ4v) is 7.55. The van der Waals surface area contributed by atoms with Crippen LogP contribution in [-0.4, -0.2) is 97.7 Å². The topological polar surface area (TPSA) is 309 Å². The molecular formula is C21H26N10O12P2. The van der Waals surface area contributed by atoms with Crippen LogP contribution in [0.15, 0.2) is 23.8 Å². The number of H-pyrrole nitrogens is 1. The van der Waals surface area contributed by atoms with Gasteiger partial charge in [-0.05, 0) is 0 Å². The predicted molar refractivity (Wildman–Crippen MR) is 147 cm³/mol. The third kappa shape index (κ3) is 5.32. The molecular weight excluding hydrogens is 646 g/mol. The molecule has 7 heterocycles. The van der Waals surface area contributed by atoms with Gasteiger partial charge in [0.25, 0.3) is 5.56 Å². The maximum atomic E-state index is 13.2. The summed E-state index contributed by atoms with van der Waals surface area (Å²) in [4.78, 5) is 56.3. The number of phosphoric acid groups is 2. The van der Waals surface area contributed by atoms with Crippen LogP contribution in [-0.2, 0) is 36.7 Å². The Balaban J connectivity index is 1.21. The second-order valence-corrected chi connectivity index (χ2v) is 13.3. The van der Waals surface area contributed by atoms with E-state index in [2.05, 4.69) is 29.9 Å². The Hall–Kier alpha value is -3.40. The Morgan fingerprint density at radius 3 is 2.24 bits per heavy atom. The average Bonchev–Trinajstić information content (AvgIpc) is 3.72. The van der Waals surface area contributed by atoms with E-state index in [-0.39, 0.29) is 28.4 Å². The minimum absolute atomic E-state index is 0.101. The van der Waals surface area contributed by atoms with Crippen molar-refractivity contribution < 1.29 is 51.6 Å². The van der Waals surface area contributed by atoms with Crippen LogP contribution in [0.4, 0.5) is 11.8 Å². The van der Waals surface area contributed by atoms with E-state index in [1.54, 1.807) is 6.92 Å². The molecule has 2 bridgehead atoms. The number of hydrogen-bond donors (Lipinski definition) is 6. The van der Waals surface area contributed by atoms with Gasteiger partial charge in [0.15, 0.2) is 28.9 Å². The Kier molecular flexibility index (Phi) is 7.30. The fraction of sp³-hybridized carbons (Fsp3) is 0.524. The number of nitrogens with zero attached hydrogens (tertiary/aromatic N) is 7. The number of fused-ring (bicyclic) bond motifs is 5. The minimum atomic E-state index is -5.03. The van der Waals surface area contributed by atoms with Crippen LogP contribution in [0.25, 0.3) is 22.3 Å². The van der Waals surface area contributed by atoms with Crippen LogP contribution < -0.4 is 17.0 Å². The minimum Gasteiger partial charge on any atom is -0.387 e. The molecule has 4 unspecified atom stereocenters. The summed E-state index contributed by atoms with van der Waals surface area (Å²) in [7, 11) is -9.94. The van der Waals surface area contributed by atoms with Crippen molar-refractivity contribution in [2.75, 3.05) is 24.7 Å². The number of rotatable bonds is 2. The number of phosphoric ester groups is 2. The van der Waals surface area contributed by atoms with E-state index in [1.165, 1.54) is 17.2 Å². The van der Waals surface area contributed by atoms with E-state index in [1.807, 2.05) is 0 Å². The lowest BCUT2D eigenvalue weighted by Gasteiger charge is -2.26. The standard InChI is InChI=1S/C21H26N10O12P2/c1-7-13-9(41-19(7)30-5-26-10-15(22)24-4-25-16(10)30)3-39-45(36,37)43-14-12(32)8(2-38-44(34,35)42-13)40-20(14)31-6-27-11-17(31)28-21(23)29-18(11)33/h4-9,12-14,19-20,32H,2-3H2,1H3,(H,34,35)(H,36,37)(H2,22,24,25)(H3,23,28,29,33)/t7-,8+,9+,12?,13?,14-,19+,20+/m0/s1. The Labute approximate surface area is 250 Å². The SMILES string of the molecule is C[C@H]1C2OP(=O)(O)OC[C@H]3O[C@@H](n4cnc5c(=O)[nH]c(N)nc54)[C@@H](OP(=O)(O)OC[C@H]2O[C@H]1n1cnc2c(N)ncnc21)C3O. The molecule has 0 saturated carbocycles. The molecule has 4 aromatic heterocycles. The van der Waals surface area contributed by atoms with Gasteiger partial charge in [-0.3, -0.25) is 37.0 Å². The molecule has 0 radical (unpaired) electrons. The number of nitrogens with two attached hydrogens (primary N) is 2. The van der Waals surface area contributed by atoms with Crippen molar-refractivity contribution >= 4 is 49.7 Å². The molecule has 4 aromatic rings. The zero-order valence-electron chi connectivity index (χ0n) is 23.0. The van der Waals surface area contributed by atoms with Crippen molar-refractivity contribution in [1.82, 2.24) is 39.0 Å². The number of nitrogens with one attached hydrogen (secondary N) is 1. The van der Waals surface area contributed by atoms with Crippen LogP contribution in [0.1, 0.15) is 19.4 Å². The first-order chi connectivity index (χ1) is 21.3. The van der Waals surface area contributed by atoms with E-state index in [0.29, 0.717) is 5.65 Å². The van der Waals surface area contributed by atoms with Gasteiger partial charge in [-0.25, -0.2) is 29.1 Å². The highest BCUT2D eigenvalue weighted by atomic mass is 31.2. The molecule has 22 nitrogen and oxygen atoms in total. The molecule has 0 spiro atoms. The summed E-state index contributed by atoms with van der Waals surface area (Å²) in [5, 5.41) is 11.0. The van der Waals surface area contributed by atoms with E-state index < -0.39 is 83.3 Å². The van der Waals surface area contributed by atoms with Crippen LogP contribution in [0, 0.1) is 5.92 Å². The van der Waals surface area contributed by atoms with Crippen molar-refractivity contribution in [2.45, 2.75) is 49.9 Å². The second kappa shape index (κ2) is 10.9. The third-order valence-corrected chi connectivity index (χ3v) is 9.63. The van der Waals surface area contributed by atoms with Gasteiger partial charge in [-0.2, -0.15) is 4.98 Å². The number of imidazole rings is 2. The molecule has 3 aliphatic heterocycles. The Morgan fingerprint density at radius 1 is 0.889 bits per heavy atom. The zero-order chi connectivity index (χ0) is 31.8. The quantitative estimate of drug-likeness (QED) is 0.138. The lowest BCUT2D eigenvalue weighted by molar-refractivity contribution is -0.0670. The van der Waals surface area contributed by atoms with E-state index in [0.717, 1.165) is 10.9 Å². The predicted octanol–water partition coefficient (Wildman–Crippen LogP) is -1.07. The summed E-state index contributed by atoms with van der Waals surface area (Å²) in [5.41, 5.74) is 11.2. The highest BCUT2D eigenvalue weighted by molar-refractivity contribution is 7.47. The number of anilines is 2. The van der Waals surface area contributed by atoms with Gasteiger partial charge in [0.05, 0.1) is 25.9 Å². The second-order valence-electron chi connectivity index (χ2n) is 10.5. The number of ether oxygens (including phenoxy) is 2. The molecule has 10 atom stereocenters. The van der Waals surface area contributed by atoms with Crippen molar-refractivity contribution in [3.05, 3.63) is 29.3 Å². The van der Waals surface area contributed by atoms with E-state index in [9.17, 15) is 28.8 Å². The van der Waals surface area contributed by atoms with E-state index in [4.69, 9.17) is 39.0 Å². The largest absolute Gasteiger partial charge is 0.472 e. The number of hydrogen-bond acceptors (Lipinski definition) is 17. The number of aliphatic hydroxyl groups excluding tert-OH is 1. The first-order valence-electron chi connectivity index (χ1n) is 13.3. The van der Waals surface area contributed by atoms with Gasteiger partial charge in [-0.1, -0.05) is 6.92 Å². The average molecular weight is 672 g/mol.